The van der Waals surface area contributed by atoms with Crippen molar-refractivity contribution in [2.45, 2.75) is 20.0 Å². The average molecular weight is 502 g/mol. The van der Waals surface area contributed by atoms with Crippen molar-refractivity contribution in [3.05, 3.63) is 82.6 Å². The topological polar surface area (TPSA) is 77.2 Å². The zero-order valence-corrected chi connectivity index (χ0v) is 19.4. The maximum atomic E-state index is 13.9. The highest BCUT2D eigenvalue weighted by Gasteiger charge is 2.41. The lowest BCUT2D eigenvalue weighted by atomic mass is 9.96. The van der Waals surface area contributed by atoms with Crippen LogP contribution in [0.15, 0.2) is 60.8 Å². The molecule has 35 heavy (non-hydrogen) atoms. The summed E-state index contributed by atoms with van der Waals surface area (Å²) >= 11 is 6.23. The molecule has 0 atom stereocenters. The number of aromatic nitrogens is 3. The predicted molar refractivity (Wildman–Crippen MR) is 125 cm³/mol. The minimum absolute atomic E-state index is 0.0800. The first-order valence-electron chi connectivity index (χ1n) is 10.5. The molecule has 6 nitrogen and oxygen atoms in total. The third kappa shape index (κ3) is 4.85. The maximum Gasteiger partial charge on any atom is 0.434 e. The monoisotopic (exact) mass is 501 g/mol. The number of hydrogen-bond donors (Lipinski definition) is 1. The summed E-state index contributed by atoms with van der Waals surface area (Å²) in [5.74, 6) is -1.12. The molecular weight excluding hydrogens is 483 g/mol. The van der Waals surface area contributed by atoms with Crippen LogP contribution in [0.3, 0.4) is 0 Å². The molecule has 1 N–H and O–H groups in total. The van der Waals surface area contributed by atoms with Gasteiger partial charge in [-0.05, 0) is 66.9 Å². The van der Waals surface area contributed by atoms with Gasteiger partial charge in [-0.2, -0.15) is 18.3 Å². The Morgan fingerprint density at radius 3 is 2.57 bits per heavy atom. The second-order valence-electron chi connectivity index (χ2n) is 7.61. The standard InChI is InChI=1S/C25H19ClF3N3O3/c1-3-35-24(34)19-13-30-32(23(19)25(27,28)29)22-6-4-5-20(31-22)18-12-16(26)8-9-17(18)15-7-10-21(33)14(2)11-15/h4-13,33H,3H2,1-2H3. The molecule has 180 valence electrons. The lowest BCUT2D eigenvalue weighted by Gasteiger charge is -2.14. The molecule has 0 aliphatic rings. The number of ether oxygens (including phenoxy) is 1. The summed E-state index contributed by atoms with van der Waals surface area (Å²) < 4.78 is 47.1. The third-order valence-electron chi connectivity index (χ3n) is 5.25. The van der Waals surface area contributed by atoms with E-state index in [1.165, 1.54) is 19.1 Å². The van der Waals surface area contributed by atoms with Gasteiger partial charge in [0.25, 0.3) is 0 Å². The highest BCUT2D eigenvalue weighted by Crippen LogP contribution is 2.37. The molecule has 0 saturated carbocycles. The van der Waals surface area contributed by atoms with Gasteiger partial charge in [-0.15, -0.1) is 0 Å². The fourth-order valence-corrected chi connectivity index (χ4v) is 3.82. The van der Waals surface area contributed by atoms with Crippen molar-refractivity contribution < 1.29 is 27.8 Å². The van der Waals surface area contributed by atoms with E-state index in [0.29, 0.717) is 32.1 Å². The summed E-state index contributed by atoms with van der Waals surface area (Å²) in [6, 6.07) is 14.7. The van der Waals surface area contributed by atoms with Crippen LogP contribution in [0.2, 0.25) is 5.02 Å². The molecule has 2 aromatic heterocycles. The SMILES string of the molecule is CCOC(=O)c1cnn(-c2cccc(-c3cc(Cl)ccc3-c3ccc(O)c(C)c3)n2)c1C(F)(F)F. The molecule has 2 aromatic carbocycles. The van der Waals surface area contributed by atoms with Gasteiger partial charge in [0.05, 0.1) is 18.5 Å². The van der Waals surface area contributed by atoms with Crippen LogP contribution in [0.25, 0.3) is 28.2 Å². The third-order valence-corrected chi connectivity index (χ3v) is 5.48. The van der Waals surface area contributed by atoms with E-state index in [4.69, 9.17) is 16.3 Å². The van der Waals surface area contributed by atoms with Crippen molar-refractivity contribution in [1.82, 2.24) is 14.8 Å². The van der Waals surface area contributed by atoms with Crippen LogP contribution < -0.4 is 0 Å². The number of nitrogens with zero attached hydrogens (tertiary/aromatic N) is 3. The lowest BCUT2D eigenvalue weighted by Crippen LogP contribution is -2.19. The van der Waals surface area contributed by atoms with Gasteiger partial charge in [0.1, 0.15) is 11.3 Å². The second-order valence-corrected chi connectivity index (χ2v) is 8.05. The highest BCUT2D eigenvalue weighted by atomic mass is 35.5. The number of aryl methyl sites for hydroxylation is 1. The Balaban J connectivity index is 1.87. The lowest BCUT2D eigenvalue weighted by molar-refractivity contribution is -0.143. The van der Waals surface area contributed by atoms with E-state index in [1.807, 2.05) is 0 Å². The Bertz CT molecular complexity index is 1420. The molecule has 4 rings (SSSR count). The molecule has 4 aromatic rings. The molecule has 0 fully saturated rings. The first-order valence-corrected chi connectivity index (χ1v) is 10.9. The number of carbonyl (C=O) groups is 1. The normalized spacial score (nSPS) is 11.5. The van der Waals surface area contributed by atoms with Crippen LogP contribution in [0.5, 0.6) is 5.75 Å². The fourth-order valence-electron chi connectivity index (χ4n) is 3.65. The molecule has 2 heterocycles. The largest absolute Gasteiger partial charge is 0.508 e. The Morgan fingerprint density at radius 2 is 1.89 bits per heavy atom. The highest BCUT2D eigenvalue weighted by molar-refractivity contribution is 6.31. The van der Waals surface area contributed by atoms with Gasteiger partial charge in [0, 0.05) is 10.6 Å². The van der Waals surface area contributed by atoms with Crippen molar-refractivity contribution in [1.29, 1.82) is 0 Å². The number of carbonyl (C=O) groups excluding carboxylic acids is 1. The van der Waals surface area contributed by atoms with Crippen LogP contribution in [0, 0.1) is 6.92 Å². The second kappa shape index (κ2) is 9.42. The molecular formula is C25H19ClF3N3O3. The van der Waals surface area contributed by atoms with Gasteiger partial charge in [0.2, 0.25) is 0 Å². The van der Waals surface area contributed by atoms with Crippen molar-refractivity contribution in [2.75, 3.05) is 6.61 Å². The number of hydrogen-bond acceptors (Lipinski definition) is 5. The Morgan fingerprint density at radius 1 is 1.11 bits per heavy atom. The van der Waals surface area contributed by atoms with Gasteiger partial charge in [0.15, 0.2) is 11.5 Å². The molecule has 0 radical (unpaired) electrons. The number of phenols is 1. The van der Waals surface area contributed by atoms with E-state index in [1.54, 1.807) is 49.4 Å². The van der Waals surface area contributed by atoms with Crippen molar-refractivity contribution in [3.8, 4) is 34.0 Å². The fraction of sp³-hybridized carbons (Fsp3) is 0.160. The summed E-state index contributed by atoms with van der Waals surface area (Å²) in [7, 11) is 0. The first kappa shape index (κ1) is 24.3. The average Bonchev–Trinajstić information content (AvgIpc) is 3.27. The summed E-state index contributed by atoms with van der Waals surface area (Å²) in [6.45, 7) is 3.17. The molecule has 0 unspecified atom stereocenters. The molecule has 10 heteroatoms. The van der Waals surface area contributed by atoms with Gasteiger partial charge in [-0.3, -0.25) is 0 Å². The Hall–Kier alpha value is -3.85. The van der Waals surface area contributed by atoms with Gasteiger partial charge >= 0.3 is 12.1 Å². The van der Waals surface area contributed by atoms with Crippen molar-refractivity contribution >= 4 is 17.6 Å². The van der Waals surface area contributed by atoms with Crippen LogP contribution in [0.1, 0.15) is 28.5 Å². The number of halogens is 4. The molecule has 0 aliphatic carbocycles. The zero-order chi connectivity index (χ0) is 25.3. The Kier molecular flexibility index (Phi) is 6.53. The van der Waals surface area contributed by atoms with Crippen molar-refractivity contribution in [2.24, 2.45) is 0 Å². The van der Waals surface area contributed by atoms with Crippen LogP contribution >= 0.6 is 11.6 Å². The van der Waals surface area contributed by atoms with Crippen LogP contribution in [0.4, 0.5) is 13.2 Å². The summed E-state index contributed by atoms with van der Waals surface area (Å²) in [4.78, 5) is 16.5. The summed E-state index contributed by atoms with van der Waals surface area (Å²) in [6.07, 6.45) is -4.07. The smallest absolute Gasteiger partial charge is 0.434 e. The number of rotatable bonds is 5. The number of esters is 1. The van der Waals surface area contributed by atoms with Crippen LogP contribution in [-0.2, 0) is 10.9 Å². The molecule has 0 amide bonds. The molecule has 0 saturated heterocycles. The number of phenolic OH excluding ortho intramolecular Hbond substituents is 1. The minimum Gasteiger partial charge on any atom is -0.508 e. The van der Waals surface area contributed by atoms with E-state index >= 15 is 0 Å². The predicted octanol–water partition coefficient (Wildman–Crippen LogP) is 6.46. The van der Waals surface area contributed by atoms with E-state index < -0.39 is 23.4 Å². The molecule has 0 bridgehead atoms. The van der Waals surface area contributed by atoms with Gasteiger partial charge < -0.3 is 9.84 Å². The zero-order valence-electron chi connectivity index (χ0n) is 18.6. The van der Waals surface area contributed by atoms with Gasteiger partial charge in [-0.25, -0.2) is 14.5 Å². The Labute approximate surface area is 203 Å². The number of alkyl halides is 3. The van der Waals surface area contributed by atoms with Crippen molar-refractivity contribution in [3.63, 3.8) is 0 Å². The van der Waals surface area contributed by atoms with Gasteiger partial charge in [-0.1, -0.05) is 29.8 Å². The summed E-state index contributed by atoms with van der Waals surface area (Å²) in [5, 5.41) is 14.1. The van der Waals surface area contributed by atoms with Crippen LogP contribution in [-0.4, -0.2) is 32.4 Å². The molecule has 0 spiro atoms. The van der Waals surface area contributed by atoms with E-state index in [2.05, 4.69) is 10.1 Å². The molecule has 0 aliphatic heterocycles. The number of benzene rings is 2. The number of pyridine rings is 1. The van der Waals surface area contributed by atoms with E-state index in [0.717, 1.165) is 11.8 Å². The summed E-state index contributed by atoms with van der Waals surface area (Å²) in [5.41, 5.74) is 1.06. The van der Waals surface area contributed by atoms with E-state index in [9.17, 15) is 23.1 Å². The maximum absolute atomic E-state index is 13.9. The minimum atomic E-state index is -4.89. The van der Waals surface area contributed by atoms with E-state index in [-0.39, 0.29) is 18.2 Å². The number of aromatic hydroxyl groups is 1. The first-order chi connectivity index (χ1) is 16.6. The quantitative estimate of drug-likeness (QED) is 0.317.